The van der Waals surface area contributed by atoms with E-state index in [0.29, 0.717) is 17.1 Å². The largest absolute Gasteiger partial charge is 0.352 e. The number of carbonyl (C=O) groups excluding carboxylic acids is 1. The third kappa shape index (κ3) is 4.28. The van der Waals surface area contributed by atoms with Gasteiger partial charge in [-0.05, 0) is 31.4 Å². The average Bonchev–Trinajstić information content (AvgIpc) is 3.19. The summed E-state index contributed by atoms with van der Waals surface area (Å²) in [5.41, 5.74) is 0.795. The lowest BCUT2D eigenvalue weighted by atomic mass is 10.2. The molecular weight excluding hydrogens is 326 g/mol. The van der Waals surface area contributed by atoms with Gasteiger partial charge in [0.25, 0.3) is 5.69 Å². The molecule has 6 nitrogen and oxygen atoms in total. The maximum Gasteiger partial charge on any atom is 0.270 e. The number of nitrogens with zero attached hydrogens (tertiary/aromatic N) is 1. The fourth-order valence-electron chi connectivity index (χ4n) is 1.76. The molecule has 2 rings (SSSR count). The number of non-ortho nitro benzene ring substituents is 1. The molecule has 0 bridgehead atoms. The lowest BCUT2D eigenvalue weighted by molar-refractivity contribution is -0.385. The lowest BCUT2D eigenvalue weighted by Crippen LogP contribution is -2.42. The Labute approximate surface area is 125 Å². The summed E-state index contributed by atoms with van der Waals surface area (Å²) in [6, 6.07) is 4.76. The molecule has 1 aromatic rings. The molecule has 0 saturated heterocycles. The van der Waals surface area contributed by atoms with E-state index in [9.17, 15) is 14.9 Å². The van der Waals surface area contributed by atoms with E-state index < -0.39 is 4.92 Å². The highest BCUT2D eigenvalue weighted by Crippen LogP contribution is 2.21. The van der Waals surface area contributed by atoms with E-state index in [-0.39, 0.29) is 17.6 Å². The van der Waals surface area contributed by atoms with E-state index in [2.05, 4.69) is 26.6 Å². The number of rotatable bonds is 6. The maximum absolute atomic E-state index is 11.8. The molecule has 1 aromatic carbocycles. The summed E-state index contributed by atoms with van der Waals surface area (Å²) in [5.74, 6) is -0.0306. The molecule has 0 radical (unpaired) electrons. The molecule has 1 amide bonds. The molecular formula is C13H16BrN3O3. The Hall–Kier alpha value is -1.47. The number of carbonyl (C=O) groups is 1. The van der Waals surface area contributed by atoms with Crippen molar-refractivity contribution in [2.45, 2.75) is 38.4 Å². The van der Waals surface area contributed by atoms with Crippen molar-refractivity contribution in [1.29, 1.82) is 0 Å². The molecule has 1 aliphatic carbocycles. The van der Waals surface area contributed by atoms with E-state index in [0.717, 1.165) is 18.4 Å². The number of hydrogen-bond donors (Lipinski definition) is 2. The van der Waals surface area contributed by atoms with E-state index in [4.69, 9.17) is 0 Å². The minimum Gasteiger partial charge on any atom is -0.352 e. The van der Waals surface area contributed by atoms with Gasteiger partial charge in [-0.15, -0.1) is 0 Å². The molecule has 0 aromatic heterocycles. The van der Waals surface area contributed by atoms with Gasteiger partial charge in [0.1, 0.15) is 0 Å². The fraction of sp³-hybridized carbons (Fsp3) is 0.462. The molecule has 2 N–H and O–H groups in total. The van der Waals surface area contributed by atoms with Crippen LogP contribution in [0.1, 0.15) is 25.3 Å². The van der Waals surface area contributed by atoms with Gasteiger partial charge in [0.2, 0.25) is 5.91 Å². The summed E-state index contributed by atoms with van der Waals surface area (Å²) in [6.07, 6.45) is 2.10. The van der Waals surface area contributed by atoms with Crippen molar-refractivity contribution >= 4 is 27.5 Å². The van der Waals surface area contributed by atoms with Gasteiger partial charge in [0, 0.05) is 29.2 Å². The van der Waals surface area contributed by atoms with Crippen LogP contribution in [-0.2, 0) is 11.3 Å². The first kappa shape index (κ1) is 14.9. The number of amides is 1. The van der Waals surface area contributed by atoms with E-state index in [1.807, 2.05) is 0 Å². The van der Waals surface area contributed by atoms with Crippen molar-refractivity contribution in [2.75, 3.05) is 0 Å². The molecule has 1 unspecified atom stereocenters. The van der Waals surface area contributed by atoms with Crippen molar-refractivity contribution in [2.24, 2.45) is 0 Å². The van der Waals surface area contributed by atoms with Gasteiger partial charge in [0.05, 0.1) is 11.0 Å². The van der Waals surface area contributed by atoms with Crippen LogP contribution in [-0.4, -0.2) is 22.9 Å². The average molecular weight is 342 g/mol. The smallest absolute Gasteiger partial charge is 0.270 e. The monoisotopic (exact) mass is 341 g/mol. The van der Waals surface area contributed by atoms with Gasteiger partial charge in [0.15, 0.2) is 0 Å². The first-order valence-corrected chi connectivity index (χ1v) is 7.22. The number of halogens is 1. The van der Waals surface area contributed by atoms with Crippen LogP contribution in [0.15, 0.2) is 22.7 Å². The quantitative estimate of drug-likeness (QED) is 0.613. The van der Waals surface area contributed by atoms with E-state index >= 15 is 0 Å². The van der Waals surface area contributed by atoms with E-state index in [1.54, 1.807) is 13.0 Å². The van der Waals surface area contributed by atoms with Crippen LogP contribution >= 0.6 is 15.9 Å². The van der Waals surface area contributed by atoms with Crippen molar-refractivity contribution in [1.82, 2.24) is 10.6 Å². The number of nitro groups is 1. The Morgan fingerprint density at radius 1 is 1.50 bits per heavy atom. The summed E-state index contributed by atoms with van der Waals surface area (Å²) >= 11 is 3.25. The molecule has 0 heterocycles. The van der Waals surface area contributed by atoms with Gasteiger partial charge in [-0.2, -0.15) is 0 Å². The van der Waals surface area contributed by atoms with Crippen LogP contribution in [0.4, 0.5) is 5.69 Å². The van der Waals surface area contributed by atoms with Gasteiger partial charge < -0.3 is 10.6 Å². The highest BCUT2D eigenvalue weighted by Gasteiger charge is 2.25. The first-order chi connectivity index (χ1) is 9.45. The maximum atomic E-state index is 11.8. The Bertz CT molecular complexity index is 532. The minimum absolute atomic E-state index is 0.0306. The summed E-state index contributed by atoms with van der Waals surface area (Å²) in [7, 11) is 0. The second-order valence-electron chi connectivity index (χ2n) is 4.96. The third-order valence-corrected chi connectivity index (χ3v) is 3.54. The van der Waals surface area contributed by atoms with Crippen LogP contribution in [0.5, 0.6) is 0 Å². The number of hydrogen-bond acceptors (Lipinski definition) is 4. The Kier molecular flexibility index (Phi) is 4.72. The Morgan fingerprint density at radius 3 is 2.80 bits per heavy atom. The zero-order chi connectivity index (χ0) is 14.7. The second-order valence-corrected chi connectivity index (χ2v) is 5.88. The van der Waals surface area contributed by atoms with Crippen LogP contribution in [0.2, 0.25) is 0 Å². The van der Waals surface area contributed by atoms with Crippen molar-refractivity contribution < 1.29 is 9.72 Å². The summed E-state index contributed by atoms with van der Waals surface area (Å²) in [4.78, 5) is 22.1. The van der Waals surface area contributed by atoms with Crippen LogP contribution in [0.25, 0.3) is 0 Å². The number of nitrogens with one attached hydrogen (secondary N) is 2. The molecule has 1 aliphatic rings. The first-order valence-electron chi connectivity index (χ1n) is 6.43. The predicted octanol–water partition coefficient (Wildman–Crippen LogP) is 2.11. The molecule has 20 heavy (non-hydrogen) atoms. The number of benzene rings is 1. The van der Waals surface area contributed by atoms with Gasteiger partial charge in [-0.3, -0.25) is 14.9 Å². The zero-order valence-electron chi connectivity index (χ0n) is 11.1. The second kappa shape index (κ2) is 6.32. The topological polar surface area (TPSA) is 84.3 Å². The zero-order valence-corrected chi connectivity index (χ0v) is 12.6. The Balaban J connectivity index is 1.92. The van der Waals surface area contributed by atoms with Gasteiger partial charge in [-0.25, -0.2) is 0 Å². The standard InChI is InChI=1S/C13H16BrN3O3/c1-8(13(18)16-11-2-3-11)15-7-9-4-10(14)6-12(5-9)17(19)20/h4-6,8,11,15H,2-3,7H2,1H3,(H,16,18). The van der Waals surface area contributed by atoms with Crippen LogP contribution in [0.3, 0.4) is 0 Å². The number of nitro benzene ring substituents is 1. The predicted molar refractivity (Wildman–Crippen MR) is 78.3 cm³/mol. The summed E-state index contributed by atoms with van der Waals surface area (Å²) in [5, 5.41) is 16.8. The van der Waals surface area contributed by atoms with Gasteiger partial charge in [-0.1, -0.05) is 15.9 Å². The summed E-state index contributed by atoms with van der Waals surface area (Å²) < 4.78 is 0.651. The van der Waals surface area contributed by atoms with Crippen molar-refractivity contribution in [3.8, 4) is 0 Å². The van der Waals surface area contributed by atoms with Crippen LogP contribution in [0, 0.1) is 10.1 Å². The molecule has 1 saturated carbocycles. The van der Waals surface area contributed by atoms with Gasteiger partial charge >= 0.3 is 0 Å². The molecule has 0 spiro atoms. The third-order valence-electron chi connectivity index (χ3n) is 3.08. The normalized spacial score (nSPS) is 15.7. The molecule has 7 heteroatoms. The Morgan fingerprint density at radius 2 is 2.20 bits per heavy atom. The molecule has 1 atom stereocenters. The highest BCUT2D eigenvalue weighted by atomic mass is 79.9. The molecule has 0 aliphatic heterocycles. The SMILES string of the molecule is CC(NCc1cc(Br)cc([N+](=O)[O-])c1)C(=O)NC1CC1. The minimum atomic E-state index is -0.433. The van der Waals surface area contributed by atoms with Crippen LogP contribution < -0.4 is 10.6 Å². The summed E-state index contributed by atoms with van der Waals surface area (Å²) in [6.45, 7) is 2.18. The van der Waals surface area contributed by atoms with Crippen molar-refractivity contribution in [3.05, 3.63) is 38.3 Å². The molecule has 1 fully saturated rings. The fourth-order valence-corrected chi connectivity index (χ4v) is 2.29. The lowest BCUT2D eigenvalue weighted by Gasteiger charge is -2.13. The highest BCUT2D eigenvalue weighted by molar-refractivity contribution is 9.10. The van der Waals surface area contributed by atoms with Crippen molar-refractivity contribution in [3.63, 3.8) is 0 Å². The molecule has 108 valence electrons. The van der Waals surface area contributed by atoms with E-state index in [1.165, 1.54) is 12.1 Å².